The topological polar surface area (TPSA) is 66.7 Å². The van der Waals surface area contributed by atoms with E-state index in [-0.39, 0.29) is 11.2 Å². The molecule has 0 aliphatic carbocycles. The number of aromatic nitrogens is 1. The molecule has 144 valence electrons. The molecule has 0 aliphatic rings. The Morgan fingerprint density at radius 1 is 1.44 bits per heavy atom. The van der Waals surface area contributed by atoms with Gasteiger partial charge in [-0.05, 0) is 24.8 Å². The molecule has 1 aromatic heterocycles. The highest BCUT2D eigenvalue weighted by atomic mass is 35.5. The minimum Gasteiger partial charge on any atom is -0.357 e. The van der Waals surface area contributed by atoms with Crippen molar-refractivity contribution in [3.05, 3.63) is 23.0 Å². The summed E-state index contributed by atoms with van der Waals surface area (Å²) >= 11 is 6.05. The maximum absolute atomic E-state index is 11.4. The van der Waals surface area contributed by atoms with Crippen molar-refractivity contribution in [3.8, 4) is 0 Å². The number of halogens is 1. The van der Waals surface area contributed by atoms with Gasteiger partial charge in [0.15, 0.2) is 5.96 Å². The molecule has 0 fully saturated rings. The summed E-state index contributed by atoms with van der Waals surface area (Å²) in [6.07, 6.45) is 3.74. The zero-order valence-electron chi connectivity index (χ0n) is 16.1. The van der Waals surface area contributed by atoms with Crippen LogP contribution in [0.2, 0.25) is 5.02 Å². The van der Waals surface area contributed by atoms with Gasteiger partial charge in [-0.1, -0.05) is 25.4 Å². The highest BCUT2D eigenvalue weighted by Crippen LogP contribution is 2.22. The average molecular weight is 391 g/mol. The second-order valence-corrected chi connectivity index (χ2v) is 10.0. The van der Waals surface area contributed by atoms with E-state index in [4.69, 9.17) is 16.6 Å². The first-order chi connectivity index (χ1) is 11.4. The second-order valence-electron chi connectivity index (χ2n) is 7.33. The van der Waals surface area contributed by atoms with E-state index >= 15 is 0 Å². The standard InChI is InChI=1S/C17H31ClN4O2S/c1-7-19-16(20-13-17(2,3)8-9-25(6,23)24)22(5)12-15-10-14(18)11-21(15)4/h10-11H,7-9,12-13H2,1-6H3,(H,19,20). The first-order valence-electron chi connectivity index (χ1n) is 8.41. The highest BCUT2D eigenvalue weighted by molar-refractivity contribution is 7.90. The van der Waals surface area contributed by atoms with E-state index in [1.54, 1.807) is 0 Å². The van der Waals surface area contributed by atoms with Crippen molar-refractivity contribution in [2.24, 2.45) is 17.5 Å². The van der Waals surface area contributed by atoms with Crippen LogP contribution in [0.3, 0.4) is 0 Å². The van der Waals surface area contributed by atoms with Crippen LogP contribution in [0.4, 0.5) is 0 Å². The van der Waals surface area contributed by atoms with Crippen LogP contribution in [0.25, 0.3) is 0 Å². The maximum Gasteiger partial charge on any atom is 0.194 e. The number of hydrogen-bond acceptors (Lipinski definition) is 3. The van der Waals surface area contributed by atoms with Crippen LogP contribution in [0, 0.1) is 5.41 Å². The molecule has 0 spiro atoms. The molecule has 8 heteroatoms. The molecule has 25 heavy (non-hydrogen) atoms. The van der Waals surface area contributed by atoms with Crippen molar-refractivity contribution in [2.75, 3.05) is 32.1 Å². The fourth-order valence-electron chi connectivity index (χ4n) is 2.34. The Morgan fingerprint density at radius 3 is 2.56 bits per heavy atom. The predicted molar refractivity (Wildman–Crippen MR) is 106 cm³/mol. The van der Waals surface area contributed by atoms with Gasteiger partial charge in [-0.25, -0.2) is 8.42 Å². The monoisotopic (exact) mass is 390 g/mol. The maximum atomic E-state index is 11.4. The first kappa shape index (κ1) is 21.8. The van der Waals surface area contributed by atoms with Gasteiger partial charge in [0.1, 0.15) is 9.84 Å². The molecule has 0 aromatic carbocycles. The van der Waals surface area contributed by atoms with Gasteiger partial charge < -0.3 is 14.8 Å². The third-order valence-electron chi connectivity index (χ3n) is 3.98. The summed E-state index contributed by atoms with van der Waals surface area (Å²) in [5, 5.41) is 4.01. The number of nitrogens with one attached hydrogen (secondary N) is 1. The van der Waals surface area contributed by atoms with Gasteiger partial charge in [0, 0.05) is 45.3 Å². The molecular weight excluding hydrogens is 360 g/mol. The normalized spacial score (nSPS) is 13.2. The van der Waals surface area contributed by atoms with Crippen LogP contribution in [0.15, 0.2) is 17.3 Å². The van der Waals surface area contributed by atoms with E-state index in [9.17, 15) is 8.42 Å². The number of sulfone groups is 1. The van der Waals surface area contributed by atoms with Crippen LogP contribution in [-0.2, 0) is 23.4 Å². The van der Waals surface area contributed by atoms with E-state index < -0.39 is 9.84 Å². The van der Waals surface area contributed by atoms with E-state index in [0.29, 0.717) is 19.5 Å². The third-order valence-corrected chi connectivity index (χ3v) is 5.13. The van der Waals surface area contributed by atoms with Gasteiger partial charge >= 0.3 is 0 Å². The van der Waals surface area contributed by atoms with Crippen molar-refractivity contribution in [2.45, 2.75) is 33.7 Å². The molecule has 0 atom stereocenters. The van der Waals surface area contributed by atoms with Crippen molar-refractivity contribution >= 4 is 27.4 Å². The highest BCUT2D eigenvalue weighted by Gasteiger charge is 2.21. The Hall–Kier alpha value is -1.21. The molecule has 1 heterocycles. The van der Waals surface area contributed by atoms with Crippen LogP contribution >= 0.6 is 11.6 Å². The molecule has 0 amide bonds. The number of nitrogens with zero attached hydrogens (tertiary/aromatic N) is 3. The minimum atomic E-state index is -2.96. The number of aryl methyl sites for hydroxylation is 1. The fraction of sp³-hybridized carbons (Fsp3) is 0.706. The van der Waals surface area contributed by atoms with Crippen molar-refractivity contribution in [1.29, 1.82) is 0 Å². The number of guanidine groups is 1. The van der Waals surface area contributed by atoms with E-state index in [0.717, 1.165) is 23.2 Å². The molecule has 1 aromatic rings. The van der Waals surface area contributed by atoms with E-state index in [1.165, 1.54) is 6.26 Å². The summed E-state index contributed by atoms with van der Waals surface area (Å²) in [7, 11) is 0.988. The summed E-state index contributed by atoms with van der Waals surface area (Å²) in [6.45, 7) is 8.12. The fourth-order valence-corrected chi connectivity index (χ4v) is 3.54. The average Bonchev–Trinajstić information content (AvgIpc) is 2.78. The molecule has 1 N–H and O–H groups in total. The molecule has 0 saturated carbocycles. The summed E-state index contributed by atoms with van der Waals surface area (Å²) in [4.78, 5) is 6.76. The van der Waals surface area contributed by atoms with Gasteiger partial charge in [-0.2, -0.15) is 0 Å². The van der Waals surface area contributed by atoms with Crippen LogP contribution in [0.1, 0.15) is 32.9 Å². The number of hydrogen-bond donors (Lipinski definition) is 1. The summed E-state index contributed by atoms with van der Waals surface area (Å²) in [6, 6.07) is 1.94. The summed E-state index contributed by atoms with van der Waals surface area (Å²) < 4.78 is 24.8. The molecular formula is C17H31ClN4O2S. The van der Waals surface area contributed by atoms with Gasteiger partial charge in [0.2, 0.25) is 0 Å². The lowest BCUT2D eigenvalue weighted by Crippen LogP contribution is -2.39. The van der Waals surface area contributed by atoms with Gasteiger partial charge in [0.05, 0.1) is 17.3 Å². The Bertz CT molecular complexity index is 696. The molecule has 1 rings (SSSR count). The predicted octanol–water partition coefficient (Wildman–Crippen LogP) is 2.54. The quantitative estimate of drug-likeness (QED) is 0.547. The summed E-state index contributed by atoms with van der Waals surface area (Å²) in [5.41, 5.74) is 0.910. The lowest BCUT2D eigenvalue weighted by Gasteiger charge is -2.26. The van der Waals surface area contributed by atoms with Crippen LogP contribution < -0.4 is 5.32 Å². The van der Waals surface area contributed by atoms with Gasteiger partial charge in [0.25, 0.3) is 0 Å². The molecule has 0 bridgehead atoms. The Morgan fingerprint density at radius 2 is 2.08 bits per heavy atom. The third kappa shape index (κ3) is 8.14. The summed E-state index contributed by atoms with van der Waals surface area (Å²) in [5.74, 6) is 0.983. The van der Waals surface area contributed by atoms with Crippen molar-refractivity contribution in [1.82, 2.24) is 14.8 Å². The largest absolute Gasteiger partial charge is 0.357 e. The molecule has 0 unspecified atom stereocenters. The SMILES string of the molecule is CCNC(=NCC(C)(C)CCS(C)(=O)=O)N(C)Cc1cc(Cl)cn1C. The number of aliphatic imine (C=N–C) groups is 1. The molecule has 0 saturated heterocycles. The minimum absolute atomic E-state index is 0.182. The lowest BCUT2D eigenvalue weighted by molar-refractivity contribution is 0.361. The Balaban J connectivity index is 2.79. The van der Waals surface area contributed by atoms with E-state index in [1.807, 2.05) is 56.6 Å². The molecule has 6 nitrogen and oxygen atoms in total. The zero-order chi connectivity index (χ0) is 19.3. The Kier molecular flexibility index (Phi) is 7.81. The lowest BCUT2D eigenvalue weighted by atomic mass is 9.90. The van der Waals surface area contributed by atoms with Crippen molar-refractivity contribution < 1.29 is 8.42 Å². The zero-order valence-corrected chi connectivity index (χ0v) is 17.7. The van der Waals surface area contributed by atoms with Gasteiger partial charge in [-0.3, -0.25) is 4.99 Å². The van der Waals surface area contributed by atoms with Gasteiger partial charge in [-0.15, -0.1) is 0 Å². The number of rotatable bonds is 8. The first-order valence-corrected chi connectivity index (χ1v) is 10.9. The van der Waals surface area contributed by atoms with E-state index in [2.05, 4.69) is 5.32 Å². The molecule has 0 radical (unpaired) electrons. The Labute approximate surface area is 157 Å². The second kappa shape index (κ2) is 8.94. The smallest absolute Gasteiger partial charge is 0.194 e. The van der Waals surface area contributed by atoms with Crippen molar-refractivity contribution in [3.63, 3.8) is 0 Å². The van der Waals surface area contributed by atoms with Crippen LogP contribution in [-0.4, -0.2) is 56.0 Å². The molecule has 0 aliphatic heterocycles. The van der Waals surface area contributed by atoms with Crippen LogP contribution in [0.5, 0.6) is 0 Å².